The molecule has 1 aliphatic carbocycles. The first-order chi connectivity index (χ1) is 9.69. The van der Waals surface area contributed by atoms with Crippen LogP contribution in [-0.2, 0) is 6.42 Å². The lowest BCUT2D eigenvalue weighted by Gasteiger charge is -2.43. The molecule has 2 atom stereocenters. The lowest BCUT2D eigenvalue weighted by atomic mass is 9.70. The van der Waals surface area contributed by atoms with Gasteiger partial charge in [-0.25, -0.2) is 0 Å². The van der Waals surface area contributed by atoms with Crippen molar-refractivity contribution in [1.82, 2.24) is 4.90 Å². The van der Waals surface area contributed by atoms with Gasteiger partial charge in [0.05, 0.1) is 0 Å². The largest absolute Gasteiger partial charge is 0.303 e. The first kappa shape index (κ1) is 14.1. The molecule has 20 heavy (non-hydrogen) atoms. The van der Waals surface area contributed by atoms with Crippen molar-refractivity contribution in [3.05, 3.63) is 34.4 Å². The van der Waals surface area contributed by atoms with Crippen LogP contribution in [0.15, 0.2) is 12.1 Å². The van der Waals surface area contributed by atoms with E-state index in [-0.39, 0.29) is 0 Å². The number of nitrogens with zero attached hydrogens (tertiary/aromatic N) is 1. The summed E-state index contributed by atoms with van der Waals surface area (Å²) in [6.45, 7) is 10.8. The Labute approximate surface area is 124 Å². The van der Waals surface area contributed by atoms with E-state index in [0.29, 0.717) is 0 Å². The van der Waals surface area contributed by atoms with Crippen molar-refractivity contribution >= 4 is 0 Å². The molecule has 110 valence electrons. The zero-order chi connectivity index (χ0) is 14.1. The van der Waals surface area contributed by atoms with E-state index < -0.39 is 0 Å². The van der Waals surface area contributed by atoms with Gasteiger partial charge >= 0.3 is 0 Å². The predicted molar refractivity (Wildman–Crippen MR) is 86.4 cm³/mol. The SMILES string of the molecule is CCCCN1CC[C@@H]2c3cc(C)cc(C)c3CC[C@H]2C1. The van der Waals surface area contributed by atoms with Gasteiger partial charge in [-0.15, -0.1) is 0 Å². The van der Waals surface area contributed by atoms with E-state index in [1.807, 2.05) is 0 Å². The average molecular weight is 271 g/mol. The molecule has 1 nitrogen and oxygen atoms in total. The third-order valence-corrected chi connectivity index (χ3v) is 5.46. The Hall–Kier alpha value is -0.820. The predicted octanol–water partition coefficient (Wildman–Crippen LogP) is 4.46. The molecule has 0 bridgehead atoms. The minimum Gasteiger partial charge on any atom is -0.303 e. The number of aryl methyl sites for hydroxylation is 2. The molecule has 0 radical (unpaired) electrons. The van der Waals surface area contributed by atoms with Gasteiger partial charge in [-0.3, -0.25) is 0 Å². The van der Waals surface area contributed by atoms with E-state index in [0.717, 1.165) is 11.8 Å². The molecular weight excluding hydrogens is 242 g/mol. The highest BCUT2D eigenvalue weighted by molar-refractivity contribution is 5.42. The van der Waals surface area contributed by atoms with Gasteiger partial charge in [0.25, 0.3) is 0 Å². The number of hydrogen-bond acceptors (Lipinski definition) is 1. The molecule has 1 heterocycles. The fourth-order valence-corrected chi connectivity index (χ4v) is 4.43. The van der Waals surface area contributed by atoms with Crippen molar-refractivity contribution in [3.63, 3.8) is 0 Å². The molecule has 1 saturated heterocycles. The van der Waals surface area contributed by atoms with Crippen molar-refractivity contribution in [1.29, 1.82) is 0 Å². The fourth-order valence-electron chi connectivity index (χ4n) is 4.43. The molecule has 0 unspecified atom stereocenters. The fraction of sp³-hybridized carbons (Fsp3) is 0.684. The van der Waals surface area contributed by atoms with Gasteiger partial charge in [0, 0.05) is 6.54 Å². The summed E-state index contributed by atoms with van der Waals surface area (Å²) in [6.07, 6.45) is 6.79. The van der Waals surface area contributed by atoms with Crippen LogP contribution in [0.2, 0.25) is 0 Å². The molecule has 1 aromatic rings. The van der Waals surface area contributed by atoms with Crippen LogP contribution in [0.3, 0.4) is 0 Å². The molecule has 0 N–H and O–H groups in total. The number of benzene rings is 1. The van der Waals surface area contributed by atoms with E-state index >= 15 is 0 Å². The Bertz CT molecular complexity index is 477. The van der Waals surface area contributed by atoms with Gasteiger partial charge in [0.15, 0.2) is 0 Å². The third-order valence-electron chi connectivity index (χ3n) is 5.46. The maximum absolute atomic E-state index is 2.72. The van der Waals surface area contributed by atoms with Gasteiger partial charge in [-0.2, -0.15) is 0 Å². The zero-order valence-corrected chi connectivity index (χ0v) is 13.4. The second kappa shape index (κ2) is 5.89. The Morgan fingerprint density at radius 3 is 2.85 bits per heavy atom. The van der Waals surface area contributed by atoms with E-state index in [9.17, 15) is 0 Å². The summed E-state index contributed by atoms with van der Waals surface area (Å²) < 4.78 is 0. The first-order valence-electron chi connectivity index (χ1n) is 8.51. The van der Waals surface area contributed by atoms with Crippen LogP contribution < -0.4 is 0 Å². The molecule has 1 heteroatoms. The Balaban J connectivity index is 1.78. The minimum absolute atomic E-state index is 0.843. The number of piperidine rings is 1. The van der Waals surface area contributed by atoms with Crippen LogP contribution in [0.4, 0.5) is 0 Å². The van der Waals surface area contributed by atoms with Crippen molar-refractivity contribution in [2.45, 2.75) is 58.8 Å². The van der Waals surface area contributed by atoms with Gasteiger partial charge in [0.2, 0.25) is 0 Å². The first-order valence-corrected chi connectivity index (χ1v) is 8.51. The zero-order valence-electron chi connectivity index (χ0n) is 13.4. The molecule has 1 aliphatic heterocycles. The molecule has 3 rings (SSSR count). The smallest absolute Gasteiger partial charge is 0.00156 e. The van der Waals surface area contributed by atoms with Gasteiger partial charge in [-0.05, 0) is 81.1 Å². The number of unbranched alkanes of at least 4 members (excludes halogenated alkanes) is 1. The summed E-state index contributed by atoms with van der Waals surface area (Å²) in [7, 11) is 0. The van der Waals surface area contributed by atoms with E-state index in [4.69, 9.17) is 0 Å². The maximum Gasteiger partial charge on any atom is 0.00156 e. The summed E-state index contributed by atoms with van der Waals surface area (Å²) in [5, 5.41) is 0. The average Bonchev–Trinajstić information content (AvgIpc) is 2.44. The van der Waals surface area contributed by atoms with Crippen molar-refractivity contribution in [2.75, 3.05) is 19.6 Å². The van der Waals surface area contributed by atoms with Gasteiger partial charge in [-0.1, -0.05) is 31.0 Å². The second-order valence-electron chi connectivity index (χ2n) is 7.00. The second-order valence-corrected chi connectivity index (χ2v) is 7.00. The molecule has 0 saturated carbocycles. The number of rotatable bonds is 3. The third kappa shape index (κ3) is 2.65. The lowest BCUT2D eigenvalue weighted by molar-refractivity contribution is 0.139. The van der Waals surface area contributed by atoms with Crippen molar-refractivity contribution in [2.24, 2.45) is 5.92 Å². The van der Waals surface area contributed by atoms with Crippen LogP contribution in [0, 0.1) is 19.8 Å². The maximum atomic E-state index is 2.72. The summed E-state index contributed by atoms with van der Waals surface area (Å²) in [6, 6.07) is 4.86. The van der Waals surface area contributed by atoms with Gasteiger partial charge < -0.3 is 4.90 Å². The number of hydrogen-bond donors (Lipinski definition) is 0. The topological polar surface area (TPSA) is 3.24 Å². The van der Waals surface area contributed by atoms with E-state index in [1.165, 1.54) is 62.9 Å². The van der Waals surface area contributed by atoms with Crippen LogP contribution >= 0.6 is 0 Å². The van der Waals surface area contributed by atoms with E-state index in [1.54, 1.807) is 11.1 Å². The molecule has 2 aliphatic rings. The molecule has 1 fully saturated rings. The minimum atomic E-state index is 0.843. The van der Waals surface area contributed by atoms with Crippen LogP contribution in [0.1, 0.15) is 60.8 Å². The highest BCUT2D eigenvalue weighted by Crippen LogP contribution is 2.42. The summed E-state index contributed by atoms with van der Waals surface area (Å²) in [5.41, 5.74) is 6.37. The summed E-state index contributed by atoms with van der Waals surface area (Å²) in [5.74, 6) is 1.75. The molecule has 0 aromatic heterocycles. The van der Waals surface area contributed by atoms with Crippen molar-refractivity contribution in [3.8, 4) is 0 Å². The summed E-state index contributed by atoms with van der Waals surface area (Å²) in [4.78, 5) is 2.72. The Morgan fingerprint density at radius 2 is 2.05 bits per heavy atom. The van der Waals surface area contributed by atoms with Gasteiger partial charge in [0.1, 0.15) is 0 Å². The van der Waals surface area contributed by atoms with Crippen LogP contribution in [0.5, 0.6) is 0 Å². The molecular formula is C19H29N. The van der Waals surface area contributed by atoms with E-state index in [2.05, 4.69) is 37.8 Å². The Morgan fingerprint density at radius 1 is 1.20 bits per heavy atom. The number of fused-ring (bicyclic) bond motifs is 3. The molecule has 0 spiro atoms. The monoisotopic (exact) mass is 271 g/mol. The lowest BCUT2D eigenvalue weighted by Crippen LogP contribution is -2.41. The number of likely N-dealkylation sites (tertiary alicyclic amines) is 1. The van der Waals surface area contributed by atoms with Crippen LogP contribution in [0.25, 0.3) is 0 Å². The summed E-state index contributed by atoms with van der Waals surface area (Å²) >= 11 is 0. The quantitative estimate of drug-likeness (QED) is 0.785. The van der Waals surface area contributed by atoms with Crippen LogP contribution in [-0.4, -0.2) is 24.5 Å². The highest BCUT2D eigenvalue weighted by Gasteiger charge is 2.34. The normalized spacial score (nSPS) is 26.1. The molecule has 1 aromatic carbocycles. The highest BCUT2D eigenvalue weighted by atomic mass is 15.1. The molecule has 0 amide bonds. The standard InChI is InChI=1S/C19H29N/c1-4-5-9-20-10-8-18-16(13-20)6-7-17-15(3)11-14(2)12-19(17)18/h11-12,16,18H,4-10,13H2,1-3H3/t16-,18-/m0/s1. The van der Waals surface area contributed by atoms with Crippen molar-refractivity contribution < 1.29 is 0 Å². The Kier molecular flexibility index (Phi) is 4.16.